The fourth-order valence-corrected chi connectivity index (χ4v) is 1.42. The summed E-state index contributed by atoms with van der Waals surface area (Å²) in [5, 5.41) is 0. The van der Waals surface area contributed by atoms with E-state index in [0.717, 1.165) is 5.56 Å². The van der Waals surface area contributed by atoms with Crippen LogP contribution >= 0.6 is 0 Å². The third kappa shape index (κ3) is 3.96. The Morgan fingerprint density at radius 1 is 1.05 bits per heavy atom. The van der Waals surface area contributed by atoms with Crippen molar-refractivity contribution in [2.45, 2.75) is 0 Å². The molecule has 0 spiro atoms. The second-order valence-electron chi connectivity index (χ2n) is 3.88. The molecule has 0 aliphatic rings. The topological polar surface area (TPSA) is 52.3 Å². The van der Waals surface area contributed by atoms with Crippen molar-refractivity contribution in [3.05, 3.63) is 66.0 Å². The zero-order valence-electron chi connectivity index (χ0n) is 10.0. The van der Waals surface area contributed by atoms with Gasteiger partial charge in [0, 0.05) is 11.8 Å². The van der Waals surface area contributed by atoms with E-state index in [-0.39, 0.29) is 5.82 Å². The number of esters is 1. The first-order valence-electron chi connectivity index (χ1n) is 5.64. The molecule has 19 heavy (non-hydrogen) atoms. The molecular formula is C15H12FNO2. The number of halogens is 1. The Labute approximate surface area is 110 Å². The fourth-order valence-electron chi connectivity index (χ4n) is 1.42. The van der Waals surface area contributed by atoms with Crippen molar-refractivity contribution < 1.29 is 13.9 Å². The monoisotopic (exact) mass is 257 g/mol. The van der Waals surface area contributed by atoms with E-state index >= 15 is 0 Å². The number of nitrogens with two attached hydrogens (primary N) is 1. The average molecular weight is 257 g/mol. The Balaban J connectivity index is 1.97. The van der Waals surface area contributed by atoms with Crippen LogP contribution in [0.4, 0.5) is 10.1 Å². The molecule has 0 heterocycles. The molecule has 2 rings (SSSR count). The van der Waals surface area contributed by atoms with Crippen molar-refractivity contribution in [2.24, 2.45) is 0 Å². The number of hydrogen-bond donors (Lipinski definition) is 1. The van der Waals surface area contributed by atoms with Crippen molar-refractivity contribution in [3.8, 4) is 5.75 Å². The van der Waals surface area contributed by atoms with Gasteiger partial charge in [-0.3, -0.25) is 0 Å². The molecule has 2 N–H and O–H groups in total. The molecule has 2 aromatic carbocycles. The van der Waals surface area contributed by atoms with Crippen molar-refractivity contribution in [3.63, 3.8) is 0 Å². The van der Waals surface area contributed by atoms with Crippen LogP contribution in [0.2, 0.25) is 0 Å². The lowest BCUT2D eigenvalue weighted by Gasteiger charge is -2.01. The van der Waals surface area contributed by atoms with E-state index in [1.165, 1.54) is 18.2 Å². The molecule has 0 bridgehead atoms. The van der Waals surface area contributed by atoms with Gasteiger partial charge in [0.15, 0.2) is 0 Å². The first-order valence-corrected chi connectivity index (χ1v) is 5.64. The molecule has 2 aromatic rings. The summed E-state index contributed by atoms with van der Waals surface area (Å²) in [5.74, 6) is -0.404. The van der Waals surface area contributed by atoms with Gasteiger partial charge in [-0.05, 0) is 48.0 Å². The number of ether oxygens (including phenoxy) is 1. The molecule has 0 aliphatic carbocycles. The number of hydrogen-bond acceptors (Lipinski definition) is 3. The minimum absolute atomic E-state index is 0.318. The molecular weight excluding hydrogens is 245 g/mol. The second kappa shape index (κ2) is 5.82. The van der Waals surface area contributed by atoms with Crippen LogP contribution in [0.3, 0.4) is 0 Å². The number of benzene rings is 2. The minimum atomic E-state index is -0.505. The Kier molecular flexibility index (Phi) is 3.93. The van der Waals surface area contributed by atoms with Gasteiger partial charge in [0.25, 0.3) is 0 Å². The van der Waals surface area contributed by atoms with E-state index in [1.54, 1.807) is 42.5 Å². The fraction of sp³-hybridized carbons (Fsp3) is 0. The van der Waals surface area contributed by atoms with Crippen molar-refractivity contribution in [1.82, 2.24) is 0 Å². The molecule has 0 unspecified atom stereocenters. The summed E-state index contributed by atoms with van der Waals surface area (Å²) in [6, 6.07) is 12.3. The van der Waals surface area contributed by atoms with Crippen LogP contribution in [0.25, 0.3) is 6.08 Å². The third-order valence-corrected chi connectivity index (χ3v) is 2.38. The summed E-state index contributed by atoms with van der Waals surface area (Å²) in [7, 11) is 0. The van der Waals surface area contributed by atoms with Crippen molar-refractivity contribution in [1.29, 1.82) is 0 Å². The van der Waals surface area contributed by atoms with Gasteiger partial charge in [-0.1, -0.05) is 12.1 Å². The van der Waals surface area contributed by atoms with Crippen LogP contribution < -0.4 is 10.5 Å². The average Bonchev–Trinajstić information content (AvgIpc) is 2.41. The van der Waals surface area contributed by atoms with E-state index in [4.69, 9.17) is 10.5 Å². The van der Waals surface area contributed by atoms with Gasteiger partial charge in [0.1, 0.15) is 11.6 Å². The zero-order valence-corrected chi connectivity index (χ0v) is 10.0. The molecule has 0 saturated carbocycles. The van der Waals surface area contributed by atoms with Crippen molar-refractivity contribution in [2.75, 3.05) is 5.73 Å². The van der Waals surface area contributed by atoms with E-state index in [2.05, 4.69) is 0 Å². The Hall–Kier alpha value is -2.62. The predicted molar refractivity (Wildman–Crippen MR) is 71.9 cm³/mol. The Bertz CT molecular complexity index is 589. The summed E-state index contributed by atoms with van der Waals surface area (Å²) in [6.45, 7) is 0. The molecule has 96 valence electrons. The molecule has 0 saturated heterocycles. The molecule has 0 radical (unpaired) electrons. The highest BCUT2D eigenvalue weighted by Crippen LogP contribution is 2.13. The van der Waals surface area contributed by atoms with Crippen LogP contribution in [0, 0.1) is 5.82 Å². The molecule has 0 fully saturated rings. The molecule has 0 amide bonds. The smallest absolute Gasteiger partial charge is 0.336 e. The van der Waals surface area contributed by atoms with Gasteiger partial charge in [-0.2, -0.15) is 0 Å². The maximum atomic E-state index is 12.7. The lowest BCUT2D eigenvalue weighted by molar-refractivity contribution is -0.128. The summed E-state index contributed by atoms with van der Waals surface area (Å²) in [5.41, 5.74) is 6.84. The van der Waals surface area contributed by atoms with Gasteiger partial charge in [-0.25, -0.2) is 9.18 Å². The van der Waals surface area contributed by atoms with E-state index in [9.17, 15) is 9.18 Å². The van der Waals surface area contributed by atoms with E-state index < -0.39 is 5.97 Å². The number of carbonyl (C=O) groups excluding carboxylic acids is 1. The number of nitrogen functional groups attached to an aromatic ring is 1. The normalized spacial score (nSPS) is 10.6. The Morgan fingerprint density at radius 2 is 1.68 bits per heavy atom. The highest BCUT2D eigenvalue weighted by atomic mass is 19.1. The maximum absolute atomic E-state index is 12.7. The van der Waals surface area contributed by atoms with Crippen LogP contribution in [0.1, 0.15) is 5.56 Å². The van der Waals surface area contributed by atoms with Gasteiger partial charge in [0.05, 0.1) is 0 Å². The lowest BCUT2D eigenvalue weighted by Crippen LogP contribution is -2.03. The van der Waals surface area contributed by atoms with Crippen LogP contribution in [-0.2, 0) is 4.79 Å². The molecule has 0 atom stereocenters. The summed E-state index contributed by atoms with van der Waals surface area (Å²) < 4.78 is 17.7. The Morgan fingerprint density at radius 3 is 2.32 bits per heavy atom. The molecule has 0 aliphatic heterocycles. The van der Waals surface area contributed by atoms with Gasteiger partial charge in [0.2, 0.25) is 0 Å². The number of rotatable bonds is 3. The largest absolute Gasteiger partial charge is 0.423 e. The summed E-state index contributed by atoms with van der Waals surface area (Å²) in [4.78, 5) is 11.5. The first kappa shape index (κ1) is 12.8. The number of carbonyl (C=O) groups is 1. The predicted octanol–water partition coefficient (Wildman–Crippen LogP) is 3.03. The quantitative estimate of drug-likeness (QED) is 0.398. The van der Waals surface area contributed by atoms with Crippen LogP contribution in [0.15, 0.2) is 54.6 Å². The summed E-state index contributed by atoms with van der Waals surface area (Å²) >= 11 is 0. The van der Waals surface area contributed by atoms with E-state index in [1.807, 2.05) is 0 Å². The molecule has 3 nitrogen and oxygen atoms in total. The lowest BCUT2D eigenvalue weighted by atomic mass is 10.2. The van der Waals surface area contributed by atoms with Gasteiger partial charge < -0.3 is 10.5 Å². The van der Waals surface area contributed by atoms with E-state index in [0.29, 0.717) is 11.4 Å². The first-order chi connectivity index (χ1) is 9.13. The third-order valence-electron chi connectivity index (χ3n) is 2.38. The highest BCUT2D eigenvalue weighted by molar-refractivity contribution is 5.88. The standard InChI is InChI=1S/C15H12FNO2/c16-12-4-1-11(2-5-12)3-10-15(18)19-14-8-6-13(17)7-9-14/h1-10H,17H2. The van der Waals surface area contributed by atoms with Crippen LogP contribution in [0.5, 0.6) is 5.75 Å². The van der Waals surface area contributed by atoms with Crippen LogP contribution in [-0.4, -0.2) is 5.97 Å². The molecule has 4 heteroatoms. The SMILES string of the molecule is Nc1ccc(OC(=O)C=Cc2ccc(F)cc2)cc1. The highest BCUT2D eigenvalue weighted by Gasteiger charge is 2.00. The number of anilines is 1. The van der Waals surface area contributed by atoms with Gasteiger partial charge >= 0.3 is 5.97 Å². The van der Waals surface area contributed by atoms with Gasteiger partial charge in [-0.15, -0.1) is 0 Å². The summed E-state index contributed by atoms with van der Waals surface area (Å²) in [6.07, 6.45) is 2.84. The minimum Gasteiger partial charge on any atom is -0.423 e. The molecule has 0 aromatic heterocycles. The maximum Gasteiger partial charge on any atom is 0.336 e. The van der Waals surface area contributed by atoms with Crippen molar-refractivity contribution >= 4 is 17.7 Å². The zero-order chi connectivity index (χ0) is 13.7. The second-order valence-corrected chi connectivity index (χ2v) is 3.88.